The number of aliphatic hydroxyl groups is 1. The topological polar surface area (TPSA) is 86.7 Å². The molecule has 1 atom stereocenters. The number of nitrogens with zero attached hydrogens (tertiary/aromatic N) is 3. The van der Waals surface area contributed by atoms with Gasteiger partial charge in [0, 0.05) is 34.4 Å². The minimum absolute atomic E-state index is 0.633. The van der Waals surface area contributed by atoms with E-state index in [2.05, 4.69) is 33.3 Å². The van der Waals surface area contributed by atoms with Gasteiger partial charge in [-0.2, -0.15) is 0 Å². The van der Waals surface area contributed by atoms with E-state index in [1.807, 2.05) is 42.5 Å². The standard InChI is InChI=1S/C23H17N5O/c1-12-6-7-17-13(10-12)11-16(23(29)26-17)22-27-20-14-4-2-8-24-18(14)19-15(21(20)28-22)5-3-9-25-19/h2-11,23,26,29H,1H3,(H,27,28). The Morgan fingerprint density at radius 1 is 0.931 bits per heavy atom. The summed E-state index contributed by atoms with van der Waals surface area (Å²) in [6.07, 6.45) is 4.68. The largest absolute Gasteiger partial charge is 0.369 e. The summed E-state index contributed by atoms with van der Waals surface area (Å²) in [4.78, 5) is 17.4. The first-order valence-corrected chi connectivity index (χ1v) is 9.47. The molecule has 6 rings (SSSR count). The number of benzene rings is 2. The zero-order chi connectivity index (χ0) is 19.5. The molecule has 1 aliphatic rings. The Balaban J connectivity index is 1.66. The lowest BCUT2D eigenvalue weighted by Gasteiger charge is -2.23. The predicted molar refractivity (Wildman–Crippen MR) is 115 cm³/mol. The van der Waals surface area contributed by atoms with E-state index < -0.39 is 6.23 Å². The van der Waals surface area contributed by atoms with Crippen LogP contribution in [-0.2, 0) is 0 Å². The van der Waals surface area contributed by atoms with Crippen LogP contribution >= 0.6 is 0 Å². The third-order valence-corrected chi connectivity index (χ3v) is 5.45. The molecule has 0 bridgehead atoms. The number of imidazole rings is 1. The number of anilines is 1. The fourth-order valence-corrected chi connectivity index (χ4v) is 4.08. The van der Waals surface area contributed by atoms with Crippen molar-refractivity contribution in [2.45, 2.75) is 13.2 Å². The lowest BCUT2D eigenvalue weighted by Crippen LogP contribution is -2.24. The fraction of sp³-hybridized carbons (Fsp3) is 0.0870. The average molecular weight is 379 g/mol. The van der Waals surface area contributed by atoms with Gasteiger partial charge in [-0.05, 0) is 55.0 Å². The number of aryl methyl sites for hydroxylation is 1. The molecular formula is C23H17N5O. The molecule has 0 spiro atoms. The van der Waals surface area contributed by atoms with Crippen LogP contribution in [0.5, 0.6) is 0 Å². The molecule has 29 heavy (non-hydrogen) atoms. The van der Waals surface area contributed by atoms with Gasteiger partial charge in [0.1, 0.15) is 5.82 Å². The Labute approximate surface area is 166 Å². The first-order valence-electron chi connectivity index (χ1n) is 9.47. The molecule has 5 aromatic rings. The van der Waals surface area contributed by atoms with Crippen molar-refractivity contribution in [2.75, 3.05) is 5.32 Å². The van der Waals surface area contributed by atoms with Crippen molar-refractivity contribution in [1.29, 1.82) is 0 Å². The van der Waals surface area contributed by atoms with Crippen LogP contribution in [0, 0.1) is 6.92 Å². The summed E-state index contributed by atoms with van der Waals surface area (Å²) in [5, 5.41) is 15.8. The Morgan fingerprint density at radius 2 is 1.69 bits per heavy atom. The molecule has 2 aromatic carbocycles. The van der Waals surface area contributed by atoms with Crippen molar-refractivity contribution in [3.05, 3.63) is 71.8 Å². The Morgan fingerprint density at radius 3 is 2.52 bits per heavy atom. The van der Waals surface area contributed by atoms with E-state index in [-0.39, 0.29) is 0 Å². The van der Waals surface area contributed by atoms with Crippen LogP contribution in [0.2, 0.25) is 0 Å². The zero-order valence-corrected chi connectivity index (χ0v) is 15.6. The molecule has 0 fully saturated rings. The number of aliphatic hydroxyl groups excluding tert-OH is 1. The number of nitrogens with one attached hydrogen (secondary N) is 2. The number of rotatable bonds is 1. The van der Waals surface area contributed by atoms with Gasteiger partial charge in [-0.3, -0.25) is 9.97 Å². The van der Waals surface area contributed by atoms with Gasteiger partial charge in [0.05, 0.1) is 22.1 Å². The first kappa shape index (κ1) is 16.2. The maximum absolute atomic E-state index is 10.7. The number of H-pyrrole nitrogens is 1. The van der Waals surface area contributed by atoms with E-state index in [0.717, 1.165) is 49.7 Å². The number of fused-ring (bicyclic) bond motifs is 7. The lowest BCUT2D eigenvalue weighted by molar-refractivity contribution is 0.260. The molecule has 1 unspecified atom stereocenters. The van der Waals surface area contributed by atoms with Gasteiger partial charge in [-0.1, -0.05) is 11.6 Å². The number of hydrogen-bond acceptors (Lipinski definition) is 5. The van der Waals surface area contributed by atoms with Crippen LogP contribution in [0.3, 0.4) is 0 Å². The molecule has 3 aromatic heterocycles. The van der Waals surface area contributed by atoms with Crippen molar-refractivity contribution < 1.29 is 5.11 Å². The van der Waals surface area contributed by atoms with Gasteiger partial charge < -0.3 is 15.4 Å². The van der Waals surface area contributed by atoms with Crippen molar-refractivity contribution in [3.8, 4) is 0 Å². The fourth-order valence-electron chi connectivity index (χ4n) is 4.08. The lowest BCUT2D eigenvalue weighted by atomic mass is 10.0. The normalized spacial score (nSPS) is 16.1. The predicted octanol–water partition coefficient (Wildman–Crippen LogP) is 4.25. The Hall–Kier alpha value is -3.77. The van der Waals surface area contributed by atoms with E-state index in [1.54, 1.807) is 12.4 Å². The molecule has 0 amide bonds. The Kier molecular flexibility index (Phi) is 3.28. The maximum Gasteiger partial charge on any atom is 0.154 e. The highest BCUT2D eigenvalue weighted by atomic mass is 16.3. The number of aromatic amines is 1. The van der Waals surface area contributed by atoms with Gasteiger partial charge in [-0.25, -0.2) is 4.98 Å². The average Bonchev–Trinajstić information content (AvgIpc) is 3.19. The number of hydrogen-bond donors (Lipinski definition) is 3. The summed E-state index contributed by atoms with van der Waals surface area (Å²) in [7, 11) is 0. The molecule has 1 aliphatic heterocycles. The van der Waals surface area contributed by atoms with Crippen LogP contribution in [0.25, 0.3) is 44.5 Å². The summed E-state index contributed by atoms with van der Waals surface area (Å²) in [5.41, 5.74) is 7.19. The quantitative estimate of drug-likeness (QED) is 0.379. The third kappa shape index (κ3) is 2.36. The molecule has 0 saturated heterocycles. The molecule has 4 heterocycles. The highest BCUT2D eigenvalue weighted by molar-refractivity contribution is 6.21. The van der Waals surface area contributed by atoms with Crippen molar-refractivity contribution in [3.63, 3.8) is 0 Å². The second kappa shape index (κ2) is 5.86. The van der Waals surface area contributed by atoms with Crippen molar-refractivity contribution in [1.82, 2.24) is 19.9 Å². The van der Waals surface area contributed by atoms with E-state index in [9.17, 15) is 5.11 Å². The first-order chi connectivity index (χ1) is 14.2. The highest BCUT2D eigenvalue weighted by Gasteiger charge is 2.23. The molecule has 0 saturated carbocycles. The molecule has 6 nitrogen and oxygen atoms in total. The van der Waals surface area contributed by atoms with Crippen LogP contribution in [0.4, 0.5) is 5.69 Å². The van der Waals surface area contributed by atoms with E-state index >= 15 is 0 Å². The van der Waals surface area contributed by atoms with Gasteiger partial charge >= 0.3 is 0 Å². The van der Waals surface area contributed by atoms with E-state index in [1.165, 1.54) is 0 Å². The Bertz CT molecular complexity index is 1390. The number of pyridine rings is 2. The monoisotopic (exact) mass is 379 g/mol. The second-order valence-corrected chi connectivity index (χ2v) is 7.35. The molecular weight excluding hydrogens is 362 g/mol. The molecule has 140 valence electrons. The summed E-state index contributed by atoms with van der Waals surface area (Å²) < 4.78 is 0. The summed E-state index contributed by atoms with van der Waals surface area (Å²) in [6.45, 7) is 2.05. The van der Waals surface area contributed by atoms with Crippen LogP contribution < -0.4 is 5.32 Å². The van der Waals surface area contributed by atoms with Crippen LogP contribution in [0.1, 0.15) is 17.0 Å². The van der Waals surface area contributed by atoms with Gasteiger partial charge in [0.2, 0.25) is 0 Å². The minimum Gasteiger partial charge on any atom is -0.369 e. The third-order valence-electron chi connectivity index (χ3n) is 5.45. The molecule has 6 heteroatoms. The SMILES string of the molecule is Cc1ccc2c(c1)C=C(c1nc3c4cccnc4c4ncccc4c3[nH]1)C(O)N2. The summed E-state index contributed by atoms with van der Waals surface area (Å²) in [6, 6.07) is 13.9. The smallest absolute Gasteiger partial charge is 0.154 e. The summed E-state index contributed by atoms with van der Waals surface area (Å²) in [5.74, 6) is 0.633. The van der Waals surface area contributed by atoms with Gasteiger partial charge in [0.25, 0.3) is 0 Å². The van der Waals surface area contributed by atoms with Crippen LogP contribution in [0.15, 0.2) is 54.9 Å². The molecule has 3 N–H and O–H groups in total. The van der Waals surface area contributed by atoms with E-state index in [0.29, 0.717) is 11.4 Å². The second-order valence-electron chi connectivity index (χ2n) is 7.35. The molecule has 0 radical (unpaired) electrons. The van der Waals surface area contributed by atoms with Gasteiger partial charge in [0.15, 0.2) is 6.23 Å². The number of aromatic nitrogens is 4. The highest BCUT2D eigenvalue weighted by Crippen LogP contribution is 2.35. The van der Waals surface area contributed by atoms with E-state index in [4.69, 9.17) is 4.98 Å². The van der Waals surface area contributed by atoms with Crippen LogP contribution in [-0.4, -0.2) is 31.3 Å². The van der Waals surface area contributed by atoms with Crippen molar-refractivity contribution in [2.24, 2.45) is 0 Å². The molecule has 0 aliphatic carbocycles. The maximum atomic E-state index is 10.7. The minimum atomic E-state index is -0.848. The zero-order valence-electron chi connectivity index (χ0n) is 15.6. The van der Waals surface area contributed by atoms with Gasteiger partial charge in [-0.15, -0.1) is 0 Å². The summed E-state index contributed by atoms with van der Waals surface area (Å²) >= 11 is 0. The van der Waals surface area contributed by atoms with Crippen molar-refractivity contribution >= 4 is 50.2 Å².